The molecule has 0 unspecified atom stereocenters. The van der Waals surface area contributed by atoms with Gasteiger partial charge in [-0.2, -0.15) is 0 Å². The summed E-state index contributed by atoms with van der Waals surface area (Å²) in [7, 11) is 0. The number of carbonyl (C=O) groups is 1. The molecule has 2 aromatic carbocycles. The molecule has 128 valence electrons. The van der Waals surface area contributed by atoms with Crippen molar-refractivity contribution in [3.8, 4) is 5.75 Å². The molecular formula is C20H24ClNO2. The van der Waals surface area contributed by atoms with Crippen molar-refractivity contribution in [2.24, 2.45) is 0 Å². The van der Waals surface area contributed by atoms with Gasteiger partial charge in [-0.3, -0.25) is 4.79 Å². The van der Waals surface area contributed by atoms with Crippen molar-refractivity contribution in [1.29, 1.82) is 0 Å². The lowest BCUT2D eigenvalue weighted by atomic mass is 10.1. The first-order chi connectivity index (χ1) is 11.6. The SMILES string of the molecule is CC[C@@H](Oc1ccc(C)cc1)C(=O)NCCCc1ccccc1Cl. The summed E-state index contributed by atoms with van der Waals surface area (Å²) in [6, 6.07) is 15.5. The molecule has 1 amide bonds. The second-order valence-corrected chi connectivity index (χ2v) is 6.22. The highest BCUT2D eigenvalue weighted by Gasteiger charge is 2.17. The van der Waals surface area contributed by atoms with Gasteiger partial charge < -0.3 is 10.1 Å². The molecule has 0 aliphatic heterocycles. The van der Waals surface area contributed by atoms with Gasteiger partial charge in [-0.25, -0.2) is 0 Å². The molecule has 0 saturated heterocycles. The summed E-state index contributed by atoms with van der Waals surface area (Å²) in [4.78, 5) is 12.3. The number of hydrogen-bond acceptors (Lipinski definition) is 2. The molecule has 0 aliphatic rings. The number of carbonyl (C=O) groups excluding carboxylic acids is 1. The lowest BCUT2D eigenvalue weighted by Gasteiger charge is -2.17. The molecule has 24 heavy (non-hydrogen) atoms. The molecule has 2 aromatic rings. The Hall–Kier alpha value is -2.00. The van der Waals surface area contributed by atoms with Gasteiger partial charge in [-0.15, -0.1) is 0 Å². The quantitative estimate of drug-likeness (QED) is 0.712. The molecule has 4 heteroatoms. The molecule has 0 aromatic heterocycles. The van der Waals surface area contributed by atoms with Crippen LogP contribution >= 0.6 is 11.6 Å². The van der Waals surface area contributed by atoms with Gasteiger partial charge in [0, 0.05) is 11.6 Å². The van der Waals surface area contributed by atoms with E-state index in [1.54, 1.807) is 0 Å². The first-order valence-corrected chi connectivity index (χ1v) is 8.72. The molecule has 0 spiro atoms. The van der Waals surface area contributed by atoms with Crippen LogP contribution in [0.25, 0.3) is 0 Å². The molecule has 0 fully saturated rings. The third kappa shape index (κ3) is 5.57. The van der Waals surface area contributed by atoms with E-state index < -0.39 is 6.10 Å². The number of ether oxygens (including phenoxy) is 1. The zero-order valence-corrected chi connectivity index (χ0v) is 15.0. The molecule has 1 atom stereocenters. The average Bonchev–Trinajstić information content (AvgIpc) is 2.59. The van der Waals surface area contributed by atoms with Crippen LogP contribution in [0.15, 0.2) is 48.5 Å². The Bertz CT molecular complexity index is 655. The van der Waals surface area contributed by atoms with Crippen molar-refractivity contribution in [2.45, 2.75) is 39.2 Å². The van der Waals surface area contributed by atoms with Crippen LogP contribution in [-0.2, 0) is 11.2 Å². The lowest BCUT2D eigenvalue weighted by molar-refractivity contribution is -0.128. The predicted octanol–water partition coefficient (Wildman–Crippen LogP) is 4.55. The van der Waals surface area contributed by atoms with Crippen LogP contribution in [0.5, 0.6) is 5.75 Å². The topological polar surface area (TPSA) is 38.3 Å². The summed E-state index contributed by atoms with van der Waals surface area (Å²) in [5, 5.41) is 3.72. The number of amides is 1. The summed E-state index contributed by atoms with van der Waals surface area (Å²) in [5.74, 6) is 0.649. The van der Waals surface area contributed by atoms with Gasteiger partial charge in [0.25, 0.3) is 5.91 Å². The number of nitrogens with one attached hydrogen (secondary N) is 1. The maximum absolute atomic E-state index is 12.3. The van der Waals surface area contributed by atoms with E-state index in [0.717, 1.165) is 29.2 Å². The van der Waals surface area contributed by atoms with Crippen molar-refractivity contribution in [3.05, 3.63) is 64.7 Å². The monoisotopic (exact) mass is 345 g/mol. The third-order valence-electron chi connectivity index (χ3n) is 3.84. The van der Waals surface area contributed by atoms with Crippen molar-refractivity contribution < 1.29 is 9.53 Å². The maximum Gasteiger partial charge on any atom is 0.261 e. The minimum Gasteiger partial charge on any atom is -0.481 e. The van der Waals surface area contributed by atoms with Gasteiger partial charge in [0.15, 0.2) is 6.10 Å². The van der Waals surface area contributed by atoms with E-state index in [4.69, 9.17) is 16.3 Å². The van der Waals surface area contributed by atoms with Crippen LogP contribution in [-0.4, -0.2) is 18.6 Å². The molecular weight excluding hydrogens is 322 g/mol. The zero-order chi connectivity index (χ0) is 17.4. The van der Waals surface area contributed by atoms with Gasteiger partial charge in [0.05, 0.1) is 0 Å². The number of halogens is 1. The summed E-state index contributed by atoms with van der Waals surface area (Å²) >= 11 is 6.13. The Labute approximate surface area is 149 Å². The van der Waals surface area contributed by atoms with Crippen molar-refractivity contribution in [1.82, 2.24) is 5.32 Å². The molecule has 0 radical (unpaired) electrons. The largest absolute Gasteiger partial charge is 0.481 e. The first kappa shape index (κ1) is 18.3. The Morgan fingerprint density at radius 1 is 1.17 bits per heavy atom. The van der Waals surface area contributed by atoms with E-state index >= 15 is 0 Å². The van der Waals surface area contributed by atoms with Gasteiger partial charge in [0.1, 0.15) is 5.75 Å². The summed E-state index contributed by atoms with van der Waals surface area (Å²) in [5.41, 5.74) is 2.27. The molecule has 3 nitrogen and oxygen atoms in total. The smallest absolute Gasteiger partial charge is 0.261 e. The Balaban J connectivity index is 1.77. The van der Waals surface area contributed by atoms with E-state index in [-0.39, 0.29) is 5.91 Å². The van der Waals surface area contributed by atoms with Crippen LogP contribution < -0.4 is 10.1 Å². The highest BCUT2D eigenvalue weighted by atomic mass is 35.5. The van der Waals surface area contributed by atoms with Gasteiger partial charge in [0.2, 0.25) is 0 Å². The van der Waals surface area contributed by atoms with Crippen LogP contribution in [0.2, 0.25) is 5.02 Å². The number of hydrogen-bond donors (Lipinski definition) is 1. The van der Waals surface area contributed by atoms with Crippen LogP contribution in [0, 0.1) is 6.92 Å². The molecule has 2 rings (SSSR count). The highest BCUT2D eigenvalue weighted by Crippen LogP contribution is 2.17. The first-order valence-electron chi connectivity index (χ1n) is 8.34. The minimum absolute atomic E-state index is 0.0720. The molecule has 0 saturated carbocycles. The third-order valence-corrected chi connectivity index (χ3v) is 4.21. The van der Waals surface area contributed by atoms with E-state index in [2.05, 4.69) is 5.32 Å². The fraction of sp³-hybridized carbons (Fsp3) is 0.350. The predicted molar refractivity (Wildman–Crippen MR) is 98.7 cm³/mol. The van der Waals surface area contributed by atoms with Crippen LogP contribution in [0.4, 0.5) is 0 Å². The van der Waals surface area contributed by atoms with E-state index in [1.165, 1.54) is 5.56 Å². The molecule has 0 bridgehead atoms. The fourth-order valence-corrected chi connectivity index (χ4v) is 2.64. The molecule has 0 aliphatic carbocycles. The van der Waals surface area contributed by atoms with Crippen molar-refractivity contribution >= 4 is 17.5 Å². The van der Waals surface area contributed by atoms with Crippen molar-refractivity contribution in [3.63, 3.8) is 0 Å². The van der Waals surface area contributed by atoms with E-state index in [1.807, 2.05) is 62.4 Å². The Kier molecular flexibility index (Phi) is 7.13. The van der Waals surface area contributed by atoms with Crippen LogP contribution in [0.3, 0.4) is 0 Å². The fourth-order valence-electron chi connectivity index (χ4n) is 2.41. The zero-order valence-electron chi connectivity index (χ0n) is 14.2. The number of aryl methyl sites for hydroxylation is 2. The highest BCUT2D eigenvalue weighted by molar-refractivity contribution is 6.31. The summed E-state index contributed by atoms with van der Waals surface area (Å²) in [6.07, 6.45) is 1.85. The Morgan fingerprint density at radius 2 is 1.88 bits per heavy atom. The average molecular weight is 346 g/mol. The maximum atomic E-state index is 12.3. The van der Waals surface area contributed by atoms with E-state index in [0.29, 0.717) is 13.0 Å². The molecule has 1 N–H and O–H groups in total. The second-order valence-electron chi connectivity index (χ2n) is 5.81. The summed E-state index contributed by atoms with van der Waals surface area (Å²) < 4.78 is 5.78. The molecule has 0 heterocycles. The minimum atomic E-state index is -0.465. The van der Waals surface area contributed by atoms with Gasteiger partial charge in [-0.1, -0.05) is 54.4 Å². The number of benzene rings is 2. The second kappa shape index (κ2) is 9.33. The Morgan fingerprint density at radius 3 is 2.54 bits per heavy atom. The number of rotatable bonds is 8. The lowest BCUT2D eigenvalue weighted by Crippen LogP contribution is -2.38. The summed E-state index contributed by atoms with van der Waals surface area (Å²) in [6.45, 7) is 4.58. The van der Waals surface area contributed by atoms with E-state index in [9.17, 15) is 4.79 Å². The van der Waals surface area contributed by atoms with Crippen molar-refractivity contribution in [2.75, 3.05) is 6.54 Å². The van der Waals surface area contributed by atoms with Crippen LogP contribution in [0.1, 0.15) is 30.9 Å². The standard InChI is InChI=1S/C20H24ClNO2/c1-3-19(24-17-12-10-15(2)11-13-17)20(23)22-14-6-8-16-7-4-5-9-18(16)21/h4-5,7,9-13,19H,3,6,8,14H2,1-2H3,(H,22,23)/t19-/m1/s1. The van der Waals surface area contributed by atoms with Gasteiger partial charge in [-0.05, 0) is 49.9 Å². The van der Waals surface area contributed by atoms with Gasteiger partial charge >= 0.3 is 0 Å². The normalized spacial score (nSPS) is 11.8.